The van der Waals surface area contributed by atoms with Crippen molar-refractivity contribution >= 4 is 66.8 Å². The molecule has 138 valence electrons. The highest BCUT2D eigenvalue weighted by Crippen LogP contribution is 2.39. The summed E-state index contributed by atoms with van der Waals surface area (Å²) in [5.41, 5.74) is -0.681. The molecule has 3 aromatic carbocycles. The summed E-state index contributed by atoms with van der Waals surface area (Å²) in [6, 6.07) is 17.0. The molecule has 5 heteroatoms. The van der Waals surface area contributed by atoms with Crippen molar-refractivity contribution in [3.8, 4) is 0 Å². The van der Waals surface area contributed by atoms with Crippen molar-refractivity contribution in [2.45, 2.75) is 38.9 Å². The third-order valence-corrected chi connectivity index (χ3v) is 7.15. The van der Waals surface area contributed by atoms with Crippen molar-refractivity contribution in [3.05, 3.63) is 53.6 Å². The molecule has 0 radical (unpaired) electrons. The normalized spacial score (nSPS) is 13.0. The van der Waals surface area contributed by atoms with Gasteiger partial charge in [-0.3, -0.25) is 0 Å². The number of benzene rings is 3. The van der Waals surface area contributed by atoms with Gasteiger partial charge < -0.3 is 9.76 Å². The lowest BCUT2D eigenvalue weighted by molar-refractivity contribution is -0.0893. The Morgan fingerprint density at radius 1 is 0.963 bits per heavy atom. The molecule has 1 heterocycles. The van der Waals surface area contributed by atoms with E-state index < -0.39 is 11.2 Å². The summed E-state index contributed by atoms with van der Waals surface area (Å²) >= 11 is 8.37. The van der Waals surface area contributed by atoms with Gasteiger partial charge >= 0.3 is 7.48 Å². The molecule has 1 N–H and O–H groups in total. The van der Waals surface area contributed by atoms with Crippen LogP contribution in [0.4, 0.5) is 0 Å². The van der Waals surface area contributed by atoms with E-state index in [2.05, 4.69) is 42.5 Å². The average Bonchev–Trinajstić information content (AvgIpc) is 2.96. The van der Waals surface area contributed by atoms with Crippen LogP contribution in [0.3, 0.4) is 0 Å². The first kappa shape index (κ1) is 18.8. The molecule has 1 aromatic heterocycles. The Morgan fingerprint density at radius 2 is 1.70 bits per heavy atom. The summed E-state index contributed by atoms with van der Waals surface area (Å²) < 4.78 is 8.51. The van der Waals surface area contributed by atoms with E-state index in [0.29, 0.717) is 12.5 Å². The molecule has 0 bridgehead atoms. The zero-order chi connectivity index (χ0) is 19.4. The SMILES string of the molecule is CC(C)(O)C(C)(C)OBc1cc2sc3c4ccccc4ccc3c2cc1Cl. The topological polar surface area (TPSA) is 29.5 Å². The Hall–Kier alpha value is -1.59. The predicted molar refractivity (Wildman–Crippen MR) is 120 cm³/mol. The van der Waals surface area contributed by atoms with Gasteiger partial charge in [-0.25, -0.2) is 0 Å². The minimum Gasteiger partial charge on any atom is -0.427 e. The van der Waals surface area contributed by atoms with Crippen molar-refractivity contribution in [1.29, 1.82) is 0 Å². The summed E-state index contributed by atoms with van der Waals surface area (Å²) in [6.45, 7) is 7.31. The summed E-state index contributed by atoms with van der Waals surface area (Å²) in [7, 11) is 0.362. The summed E-state index contributed by atoms with van der Waals surface area (Å²) in [4.78, 5) is 0. The molecule has 0 saturated heterocycles. The van der Waals surface area contributed by atoms with Gasteiger partial charge in [-0.15, -0.1) is 11.3 Å². The van der Waals surface area contributed by atoms with Crippen LogP contribution in [-0.2, 0) is 4.65 Å². The fourth-order valence-corrected chi connectivity index (χ4v) is 4.61. The van der Waals surface area contributed by atoms with Crippen LogP contribution in [0, 0.1) is 0 Å². The number of hydrogen-bond donors (Lipinski definition) is 1. The fraction of sp³-hybridized carbons (Fsp3) is 0.273. The monoisotopic (exact) mass is 396 g/mol. The minimum atomic E-state index is -0.944. The lowest BCUT2D eigenvalue weighted by Crippen LogP contribution is -2.49. The molecule has 0 aliphatic rings. The van der Waals surface area contributed by atoms with E-state index in [9.17, 15) is 5.11 Å². The van der Waals surface area contributed by atoms with E-state index in [1.54, 1.807) is 25.2 Å². The number of thiophene rings is 1. The molecule has 0 saturated carbocycles. The Balaban J connectivity index is 1.79. The highest BCUT2D eigenvalue weighted by Gasteiger charge is 2.35. The molecule has 0 spiro atoms. The lowest BCUT2D eigenvalue weighted by Gasteiger charge is -2.37. The smallest absolute Gasteiger partial charge is 0.311 e. The molecule has 0 aliphatic heterocycles. The third kappa shape index (κ3) is 3.25. The van der Waals surface area contributed by atoms with Gasteiger partial charge in [0.05, 0.1) is 11.2 Å². The number of aliphatic hydroxyl groups is 1. The summed E-state index contributed by atoms with van der Waals surface area (Å²) in [5, 5.41) is 15.9. The van der Waals surface area contributed by atoms with Crippen LogP contribution in [0.5, 0.6) is 0 Å². The molecular formula is C22H22BClO2S. The van der Waals surface area contributed by atoms with Crippen LogP contribution >= 0.6 is 22.9 Å². The molecule has 27 heavy (non-hydrogen) atoms. The van der Waals surface area contributed by atoms with Crippen LogP contribution in [0.1, 0.15) is 27.7 Å². The van der Waals surface area contributed by atoms with Crippen LogP contribution < -0.4 is 5.46 Å². The van der Waals surface area contributed by atoms with Crippen molar-refractivity contribution in [2.24, 2.45) is 0 Å². The number of fused-ring (bicyclic) bond motifs is 5. The first-order valence-corrected chi connectivity index (χ1v) is 10.3. The lowest BCUT2D eigenvalue weighted by atomic mass is 9.82. The van der Waals surface area contributed by atoms with Crippen LogP contribution in [0.25, 0.3) is 30.9 Å². The second kappa shape index (κ2) is 6.49. The van der Waals surface area contributed by atoms with Crippen LogP contribution in [-0.4, -0.2) is 23.8 Å². The van der Waals surface area contributed by atoms with Gasteiger partial charge in [-0.05, 0) is 56.1 Å². The summed E-state index contributed by atoms with van der Waals surface area (Å²) in [5.74, 6) is 0. The zero-order valence-electron chi connectivity index (χ0n) is 16.0. The zero-order valence-corrected chi connectivity index (χ0v) is 17.5. The molecule has 4 rings (SSSR count). The Morgan fingerprint density at radius 3 is 2.44 bits per heavy atom. The summed E-state index contributed by atoms with van der Waals surface area (Å²) in [6.07, 6.45) is 0. The molecule has 0 amide bonds. The molecule has 0 fully saturated rings. The number of hydrogen-bond acceptors (Lipinski definition) is 3. The second-order valence-electron chi connectivity index (χ2n) is 8.06. The van der Waals surface area contributed by atoms with Crippen LogP contribution in [0.15, 0.2) is 48.5 Å². The maximum absolute atomic E-state index is 10.3. The van der Waals surface area contributed by atoms with Gasteiger partial charge in [0.1, 0.15) is 0 Å². The van der Waals surface area contributed by atoms with E-state index in [0.717, 1.165) is 5.46 Å². The largest absolute Gasteiger partial charge is 0.427 e. The van der Waals surface area contributed by atoms with Crippen molar-refractivity contribution in [3.63, 3.8) is 0 Å². The van der Waals surface area contributed by atoms with Gasteiger partial charge in [0.2, 0.25) is 0 Å². The van der Waals surface area contributed by atoms with E-state index in [1.807, 2.05) is 19.9 Å². The molecule has 0 atom stereocenters. The first-order chi connectivity index (χ1) is 12.7. The van der Waals surface area contributed by atoms with Crippen molar-refractivity contribution in [1.82, 2.24) is 0 Å². The van der Waals surface area contributed by atoms with E-state index >= 15 is 0 Å². The highest BCUT2D eigenvalue weighted by atomic mass is 35.5. The molecule has 0 unspecified atom stereocenters. The third-order valence-electron chi connectivity index (χ3n) is 5.59. The van der Waals surface area contributed by atoms with E-state index in [1.165, 1.54) is 30.9 Å². The Labute approximate surface area is 169 Å². The van der Waals surface area contributed by atoms with E-state index in [-0.39, 0.29) is 0 Å². The number of rotatable bonds is 4. The highest BCUT2D eigenvalue weighted by molar-refractivity contribution is 7.26. The van der Waals surface area contributed by atoms with Gasteiger partial charge in [-0.1, -0.05) is 48.0 Å². The van der Waals surface area contributed by atoms with Crippen molar-refractivity contribution in [2.75, 3.05) is 0 Å². The number of halogens is 1. The minimum absolute atomic E-state index is 0.362. The molecule has 4 aromatic rings. The molecule has 2 nitrogen and oxygen atoms in total. The molecule has 0 aliphatic carbocycles. The van der Waals surface area contributed by atoms with Gasteiger partial charge in [0.15, 0.2) is 0 Å². The predicted octanol–water partition coefficient (Wildman–Crippen LogP) is 5.40. The van der Waals surface area contributed by atoms with E-state index in [4.69, 9.17) is 16.3 Å². The van der Waals surface area contributed by atoms with Gasteiger partial charge in [-0.2, -0.15) is 0 Å². The van der Waals surface area contributed by atoms with Gasteiger partial charge in [0.25, 0.3) is 0 Å². The quantitative estimate of drug-likeness (QED) is 0.468. The Bertz CT molecular complexity index is 1160. The molecular weight excluding hydrogens is 375 g/mol. The second-order valence-corrected chi connectivity index (χ2v) is 9.52. The standard InChI is InChI=1S/C22H22BClO2S/c1-21(2,25)22(3,4)26-23-17-12-19-16(11-18(17)24)15-10-9-13-7-5-6-8-14(13)20(15)27-19/h5-12,23,25H,1-4H3. The van der Waals surface area contributed by atoms with Gasteiger partial charge in [0, 0.05) is 25.2 Å². The fourth-order valence-electron chi connectivity index (χ4n) is 3.11. The van der Waals surface area contributed by atoms with Crippen LogP contribution in [0.2, 0.25) is 5.02 Å². The maximum Gasteiger partial charge on any atom is 0.311 e. The average molecular weight is 397 g/mol. The Kier molecular flexibility index (Phi) is 4.51. The first-order valence-electron chi connectivity index (χ1n) is 9.06. The van der Waals surface area contributed by atoms with Crippen molar-refractivity contribution < 1.29 is 9.76 Å². The maximum atomic E-state index is 10.3.